The van der Waals surface area contributed by atoms with Crippen LogP contribution in [-0.4, -0.2) is 22.0 Å². The summed E-state index contributed by atoms with van der Waals surface area (Å²) >= 11 is 5.46. The maximum absolute atomic E-state index is 5.46. The van der Waals surface area contributed by atoms with E-state index in [9.17, 15) is 0 Å². The first-order chi connectivity index (χ1) is 14.1. The summed E-state index contributed by atoms with van der Waals surface area (Å²) in [5, 5.41) is 13.8. The molecule has 0 aliphatic heterocycles. The number of methoxy groups -OCH3 is 1. The van der Waals surface area contributed by atoms with Gasteiger partial charge in [-0.25, -0.2) is 0 Å². The highest BCUT2D eigenvalue weighted by Gasteiger charge is 2.08. The highest BCUT2D eigenvalue weighted by atomic mass is 32.1. The summed E-state index contributed by atoms with van der Waals surface area (Å²) in [6, 6.07) is 20.6. The summed E-state index contributed by atoms with van der Waals surface area (Å²) in [7, 11) is 1.64. The highest BCUT2D eigenvalue weighted by Crippen LogP contribution is 2.25. The summed E-state index contributed by atoms with van der Waals surface area (Å²) in [4.78, 5) is 0. The SMILES string of the molecule is COc1ccc(C)cc1NC(=S)Nc1cnn(Cc2cccc3ccccc23)c1. The van der Waals surface area contributed by atoms with Crippen molar-refractivity contribution in [2.45, 2.75) is 13.5 Å². The lowest BCUT2D eigenvalue weighted by Gasteiger charge is -2.13. The van der Waals surface area contributed by atoms with Gasteiger partial charge in [0.1, 0.15) is 5.75 Å². The second-order valence-corrected chi connectivity index (χ2v) is 7.26. The molecule has 29 heavy (non-hydrogen) atoms. The lowest BCUT2D eigenvalue weighted by Crippen LogP contribution is -2.19. The minimum absolute atomic E-state index is 0.485. The minimum Gasteiger partial charge on any atom is -0.495 e. The number of ether oxygens (including phenoxy) is 1. The maximum atomic E-state index is 5.46. The van der Waals surface area contributed by atoms with Crippen LogP contribution in [-0.2, 0) is 6.54 Å². The van der Waals surface area contributed by atoms with Gasteiger partial charge in [-0.2, -0.15) is 5.10 Å². The standard InChI is InChI=1S/C23H22N4OS/c1-16-10-11-22(28-2)21(12-16)26-23(29)25-19-13-24-27(15-19)14-18-8-5-7-17-6-3-4-9-20(17)18/h3-13,15H,14H2,1-2H3,(H2,25,26,29). The third kappa shape index (κ3) is 4.38. The molecule has 2 N–H and O–H groups in total. The van der Waals surface area contributed by atoms with Gasteiger partial charge in [0.05, 0.1) is 31.2 Å². The molecule has 1 aromatic heterocycles. The summed E-state index contributed by atoms with van der Waals surface area (Å²) in [5.74, 6) is 0.742. The molecule has 4 aromatic rings. The topological polar surface area (TPSA) is 51.1 Å². The fraction of sp³-hybridized carbons (Fsp3) is 0.130. The number of aryl methyl sites for hydroxylation is 1. The molecule has 0 aliphatic rings. The molecule has 3 aromatic carbocycles. The first kappa shape index (κ1) is 19.0. The van der Waals surface area contributed by atoms with Crippen molar-refractivity contribution >= 4 is 39.5 Å². The van der Waals surface area contributed by atoms with E-state index in [4.69, 9.17) is 17.0 Å². The van der Waals surface area contributed by atoms with E-state index < -0.39 is 0 Å². The molecule has 0 aliphatic carbocycles. The molecule has 5 nitrogen and oxygen atoms in total. The number of anilines is 2. The van der Waals surface area contributed by atoms with Crippen LogP contribution in [0, 0.1) is 6.92 Å². The van der Waals surface area contributed by atoms with Crippen molar-refractivity contribution in [3.05, 3.63) is 84.2 Å². The molecular formula is C23H22N4OS. The van der Waals surface area contributed by atoms with Crippen LogP contribution >= 0.6 is 12.2 Å². The summed E-state index contributed by atoms with van der Waals surface area (Å²) in [6.45, 7) is 2.72. The lowest BCUT2D eigenvalue weighted by atomic mass is 10.0. The Morgan fingerprint density at radius 3 is 2.76 bits per heavy atom. The van der Waals surface area contributed by atoms with Gasteiger partial charge in [0.2, 0.25) is 0 Å². The zero-order valence-electron chi connectivity index (χ0n) is 16.3. The number of thiocarbonyl (C=S) groups is 1. The van der Waals surface area contributed by atoms with E-state index in [-0.39, 0.29) is 0 Å². The van der Waals surface area contributed by atoms with Crippen LogP contribution in [0.2, 0.25) is 0 Å². The first-order valence-electron chi connectivity index (χ1n) is 9.34. The number of aromatic nitrogens is 2. The van der Waals surface area contributed by atoms with Gasteiger partial charge in [-0.05, 0) is 53.2 Å². The monoisotopic (exact) mass is 402 g/mol. The van der Waals surface area contributed by atoms with Crippen LogP contribution in [0.25, 0.3) is 10.8 Å². The van der Waals surface area contributed by atoms with Gasteiger partial charge in [0.25, 0.3) is 0 Å². The lowest BCUT2D eigenvalue weighted by molar-refractivity contribution is 0.417. The molecule has 146 valence electrons. The molecule has 0 saturated heterocycles. The van der Waals surface area contributed by atoms with Crippen LogP contribution in [0.5, 0.6) is 5.75 Å². The van der Waals surface area contributed by atoms with E-state index in [2.05, 4.69) is 58.2 Å². The summed E-state index contributed by atoms with van der Waals surface area (Å²) in [6.07, 6.45) is 3.72. The van der Waals surface area contributed by atoms with Gasteiger partial charge in [0, 0.05) is 6.20 Å². The van der Waals surface area contributed by atoms with Crippen molar-refractivity contribution in [1.29, 1.82) is 0 Å². The predicted octanol–water partition coefficient (Wildman–Crippen LogP) is 5.21. The number of rotatable bonds is 5. The van der Waals surface area contributed by atoms with Crippen molar-refractivity contribution in [2.75, 3.05) is 17.7 Å². The largest absolute Gasteiger partial charge is 0.495 e. The van der Waals surface area contributed by atoms with Gasteiger partial charge < -0.3 is 15.4 Å². The molecule has 0 radical (unpaired) electrons. The van der Waals surface area contributed by atoms with E-state index in [0.717, 1.165) is 22.7 Å². The fourth-order valence-corrected chi connectivity index (χ4v) is 3.55. The number of nitrogens with zero attached hydrogens (tertiary/aromatic N) is 2. The number of fused-ring (bicyclic) bond motifs is 1. The van der Waals surface area contributed by atoms with Crippen molar-refractivity contribution in [2.24, 2.45) is 0 Å². The van der Waals surface area contributed by atoms with Gasteiger partial charge in [-0.1, -0.05) is 48.5 Å². The van der Waals surface area contributed by atoms with E-state index in [0.29, 0.717) is 11.7 Å². The highest BCUT2D eigenvalue weighted by molar-refractivity contribution is 7.80. The van der Waals surface area contributed by atoms with Gasteiger partial charge in [-0.3, -0.25) is 4.68 Å². The van der Waals surface area contributed by atoms with Crippen molar-refractivity contribution in [1.82, 2.24) is 9.78 Å². The summed E-state index contributed by atoms with van der Waals surface area (Å²) in [5.41, 5.74) is 4.00. The Hall–Kier alpha value is -3.38. The van der Waals surface area contributed by atoms with Crippen LogP contribution in [0.1, 0.15) is 11.1 Å². The quantitative estimate of drug-likeness (QED) is 0.449. The van der Waals surface area contributed by atoms with Crippen molar-refractivity contribution in [3.63, 3.8) is 0 Å². The van der Waals surface area contributed by atoms with E-state index in [1.54, 1.807) is 13.3 Å². The normalized spacial score (nSPS) is 10.7. The Balaban J connectivity index is 1.45. The number of benzene rings is 3. The van der Waals surface area contributed by atoms with Gasteiger partial charge in [-0.15, -0.1) is 0 Å². The maximum Gasteiger partial charge on any atom is 0.175 e. The zero-order valence-corrected chi connectivity index (χ0v) is 17.2. The van der Waals surface area contributed by atoms with Crippen molar-refractivity contribution < 1.29 is 4.74 Å². The second-order valence-electron chi connectivity index (χ2n) is 6.85. The Morgan fingerprint density at radius 1 is 1.07 bits per heavy atom. The Kier molecular flexibility index (Phi) is 5.44. The first-order valence-corrected chi connectivity index (χ1v) is 9.75. The molecule has 1 heterocycles. The predicted molar refractivity (Wildman–Crippen MR) is 123 cm³/mol. The molecular weight excluding hydrogens is 380 g/mol. The zero-order chi connectivity index (χ0) is 20.2. The molecule has 0 unspecified atom stereocenters. The number of hydrogen-bond donors (Lipinski definition) is 2. The summed E-state index contributed by atoms with van der Waals surface area (Å²) < 4.78 is 7.29. The molecule has 0 spiro atoms. The Morgan fingerprint density at radius 2 is 1.90 bits per heavy atom. The fourth-order valence-electron chi connectivity index (χ4n) is 3.32. The van der Waals surface area contributed by atoms with Gasteiger partial charge in [0.15, 0.2) is 5.11 Å². The average Bonchev–Trinajstić information content (AvgIpc) is 3.15. The molecule has 0 bridgehead atoms. The van der Waals surface area contributed by atoms with E-state index >= 15 is 0 Å². The van der Waals surface area contributed by atoms with E-state index in [1.807, 2.05) is 36.0 Å². The smallest absolute Gasteiger partial charge is 0.175 e. The van der Waals surface area contributed by atoms with Crippen LogP contribution in [0.3, 0.4) is 0 Å². The minimum atomic E-state index is 0.485. The molecule has 0 amide bonds. The number of hydrogen-bond acceptors (Lipinski definition) is 3. The molecule has 6 heteroatoms. The van der Waals surface area contributed by atoms with Crippen LogP contribution in [0.15, 0.2) is 73.1 Å². The Bertz CT molecular complexity index is 1160. The van der Waals surface area contributed by atoms with Crippen molar-refractivity contribution in [3.8, 4) is 5.75 Å². The van der Waals surface area contributed by atoms with Gasteiger partial charge >= 0.3 is 0 Å². The third-order valence-electron chi connectivity index (χ3n) is 4.71. The Labute approximate surface area is 175 Å². The molecule has 0 fully saturated rings. The number of nitrogens with one attached hydrogen (secondary N) is 2. The molecule has 0 atom stereocenters. The third-order valence-corrected chi connectivity index (χ3v) is 4.91. The van der Waals surface area contributed by atoms with Crippen LogP contribution in [0.4, 0.5) is 11.4 Å². The molecule has 0 saturated carbocycles. The molecule has 4 rings (SSSR count). The van der Waals surface area contributed by atoms with Crippen LogP contribution < -0.4 is 15.4 Å². The second kappa shape index (κ2) is 8.32. The average molecular weight is 403 g/mol. The van der Waals surface area contributed by atoms with E-state index in [1.165, 1.54) is 16.3 Å².